The van der Waals surface area contributed by atoms with E-state index in [-0.39, 0.29) is 16.9 Å². The lowest BCUT2D eigenvalue weighted by molar-refractivity contribution is 0.123. The first-order chi connectivity index (χ1) is 8.19. The third-order valence-electron chi connectivity index (χ3n) is 2.48. The van der Waals surface area contributed by atoms with Gasteiger partial charge in [-0.05, 0) is 37.6 Å². The van der Waals surface area contributed by atoms with E-state index in [0.717, 1.165) is 18.5 Å². The number of hydrogen-bond acceptors (Lipinski definition) is 2. The summed E-state index contributed by atoms with van der Waals surface area (Å²) in [6.45, 7) is 6.18. The Labute approximate surface area is 107 Å². The molecule has 0 fully saturated rings. The highest BCUT2D eigenvalue weighted by Crippen LogP contribution is 2.21. The second-order valence-corrected chi connectivity index (χ2v) is 4.25. The summed E-state index contributed by atoms with van der Waals surface area (Å²) in [4.78, 5) is 0. The first-order valence-corrected chi connectivity index (χ1v) is 6.32. The lowest BCUT2D eigenvalue weighted by Gasteiger charge is -2.19. The van der Waals surface area contributed by atoms with Crippen molar-refractivity contribution in [2.75, 3.05) is 19.8 Å². The van der Waals surface area contributed by atoms with Gasteiger partial charge in [0.15, 0.2) is 0 Å². The maximum atomic E-state index is 13.1. The number of nitrogens with one attached hydrogen (secondary N) is 1. The van der Waals surface area contributed by atoms with Crippen LogP contribution in [0.15, 0.2) is 18.2 Å². The smallest absolute Gasteiger partial charge is 0.141 e. The Morgan fingerprint density at radius 1 is 1.41 bits per heavy atom. The van der Waals surface area contributed by atoms with Crippen molar-refractivity contribution >= 4 is 11.6 Å². The maximum absolute atomic E-state index is 13.1. The van der Waals surface area contributed by atoms with Crippen molar-refractivity contribution in [2.45, 2.75) is 26.3 Å². The summed E-state index contributed by atoms with van der Waals surface area (Å²) < 4.78 is 18.5. The fourth-order valence-electron chi connectivity index (χ4n) is 1.56. The molecule has 96 valence electrons. The average molecular weight is 260 g/mol. The Balaban J connectivity index is 2.75. The lowest BCUT2D eigenvalue weighted by Crippen LogP contribution is -2.26. The Morgan fingerprint density at radius 2 is 2.18 bits per heavy atom. The summed E-state index contributed by atoms with van der Waals surface area (Å²) >= 11 is 5.78. The van der Waals surface area contributed by atoms with Gasteiger partial charge in [-0.2, -0.15) is 0 Å². The van der Waals surface area contributed by atoms with Gasteiger partial charge in [-0.25, -0.2) is 4.39 Å². The molecule has 2 nitrogen and oxygen atoms in total. The molecule has 0 saturated carbocycles. The molecule has 1 atom stereocenters. The highest BCUT2D eigenvalue weighted by atomic mass is 35.5. The van der Waals surface area contributed by atoms with Gasteiger partial charge in [0.05, 0.1) is 17.7 Å². The van der Waals surface area contributed by atoms with E-state index in [2.05, 4.69) is 12.2 Å². The van der Waals surface area contributed by atoms with Crippen LogP contribution in [-0.4, -0.2) is 19.8 Å². The van der Waals surface area contributed by atoms with Crippen LogP contribution in [0.2, 0.25) is 5.02 Å². The largest absolute Gasteiger partial charge is 0.380 e. The second kappa shape index (κ2) is 7.64. The zero-order valence-electron chi connectivity index (χ0n) is 10.3. The topological polar surface area (TPSA) is 21.3 Å². The molecular formula is C13H19ClFNO. The minimum Gasteiger partial charge on any atom is -0.380 e. The van der Waals surface area contributed by atoms with Crippen LogP contribution < -0.4 is 5.32 Å². The number of rotatable bonds is 7. The van der Waals surface area contributed by atoms with Gasteiger partial charge in [-0.3, -0.25) is 0 Å². The molecular weight excluding hydrogens is 241 g/mol. The number of benzene rings is 1. The third-order valence-corrected chi connectivity index (χ3v) is 2.77. The van der Waals surface area contributed by atoms with Crippen LogP contribution in [0.4, 0.5) is 4.39 Å². The monoisotopic (exact) mass is 259 g/mol. The molecule has 0 aliphatic rings. The standard InChI is InChI=1S/C13H19ClFNO/c1-3-7-16-13(9-17-4-2)10-5-6-12(15)11(14)8-10/h5-6,8,13,16H,3-4,7,9H2,1-2H3. The molecule has 0 bridgehead atoms. The summed E-state index contributed by atoms with van der Waals surface area (Å²) in [5.41, 5.74) is 0.957. The van der Waals surface area contributed by atoms with E-state index in [1.165, 1.54) is 6.07 Å². The van der Waals surface area contributed by atoms with Gasteiger partial charge >= 0.3 is 0 Å². The molecule has 0 aliphatic carbocycles. The van der Waals surface area contributed by atoms with E-state index in [1.807, 2.05) is 6.92 Å². The van der Waals surface area contributed by atoms with Crippen LogP contribution >= 0.6 is 11.6 Å². The van der Waals surface area contributed by atoms with Crippen molar-refractivity contribution in [1.82, 2.24) is 5.32 Å². The van der Waals surface area contributed by atoms with Crippen LogP contribution in [0.1, 0.15) is 31.9 Å². The van der Waals surface area contributed by atoms with Crippen molar-refractivity contribution in [2.24, 2.45) is 0 Å². The summed E-state index contributed by atoms with van der Waals surface area (Å²) in [6.07, 6.45) is 1.04. The predicted octanol–water partition coefficient (Wildman–Crippen LogP) is 3.56. The van der Waals surface area contributed by atoms with Crippen molar-refractivity contribution in [3.63, 3.8) is 0 Å². The van der Waals surface area contributed by atoms with Gasteiger partial charge in [-0.15, -0.1) is 0 Å². The lowest BCUT2D eigenvalue weighted by atomic mass is 10.1. The fraction of sp³-hybridized carbons (Fsp3) is 0.538. The average Bonchev–Trinajstić information content (AvgIpc) is 2.33. The van der Waals surface area contributed by atoms with Crippen molar-refractivity contribution in [3.8, 4) is 0 Å². The molecule has 17 heavy (non-hydrogen) atoms. The highest BCUT2D eigenvalue weighted by Gasteiger charge is 2.12. The van der Waals surface area contributed by atoms with Crippen LogP contribution in [-0.2, 0) is 4.74 Å². The molecule has 0 amide bonds. The van der Waals surface area contributed by atoms with Crippen molar-refractivity contribution in [1.29, 1.82) is 0 Å². The minimum absolute atomic E-state index is 0.0630. The number of ether oxygens (including phenoxy) is 1. The molecule has 1 aromatic carbocycles. The Hall–Kier alpha value is -0.640. The zero-order chi connectivity index (χ0) is 12.7. The van der Waals surface area contributed by atoms with Crippen molar-refractivity contribution in [3.05, 3.63) is 34.6 Å². The van der Waals surface area contributed by atoms with Gasteiger partial charge < -0.3 is 10.1 Å². The van der Waals surface area contributed by atoms with Crippen LogP contribution in [0.25, 0.3) is 0 Å². The van der Waals surface area contributed by atoms with Crippen LogP contribution in [0.5, 0.6) is 0 Å². The molecule has 1 N–H and O–H groups in total. The molecule has 1 rings (SSSR count). The summed E-state index contributed by atoms with van der Waals surface area (Å²) in [5, 5.41) is 3.52. The molecule has 0 aliphatic heterocycles. The van der Waals surface area contributed by atoms with Gasteiger partial charge in [0.25, 0.3) is 0 Å². The Kier molecular flexibility index (Phi) is 6.48. The van der Waals surface area contributed by atoms with E-state index in [0.29, 0.717) is 13.2 Å². The Bertz CT molecular complexity index is 338. The molecule has 0 aromatic heterocycles. The summed E-state index contributed by atoms with van der Waals surface area (Å²) in [6, 6.07) is 4.86. The van der Waals surface area contributed by atoms with Crippen molar-refractivity contribution < 1.29 is 9.13 Å². The van der Waals surface area contributed by atoms with Gasteiger partial charge in [0.1, 0.15) is 5.82 Å². The maximum Gasteiger partial charge on any atom is 0.141 e. The molecule has 0 radical (unpaired) electrons. The fourth-order valence-corrected chi connectivity index (χ4v) is 1.75. The zero-order valence-corrected chi connectivity index (χ0v) is 11.1. The van der Waals surface area contributed by atoms with Gasteiger partial charge in [-0.1, -0.05) is 24.6 Å². The SMILES string of the molecule is CCCNC(COCC)c1ccc(F)c(Cl)c1. The molecule has 1 unspecified atom stereocenters. The summed E-state index contributed by atoms with van der Waals surface area (Å²) in [7, 11) is 0. The molecule has 0 spiro atoms. The molecule has 0 saturated heterocycles. The van der Waals surface area contributed by atoms with Gasteiger partial charge in [0, 0.05) is 6.61 Å². The molecule has 0 heterocycles. The predicted molar refractivity (Wildman–Crippen MR) is 68.9 cm³/mol. The van der Waals surface area contributed by atoms with E-state index >= 15 is 0 Å². The normalized spacial score (nSPS) is 12.7. The quantitative estimate of drug-likeness (QED) is 0.809. The van der Waals surface area contributed by atoms with Crippen LogP contribution in [0, 0.1) is 5.82 Å². The van der Waals surface area contributed by atoms with E-state index < -0.39 is 0 Å². The first-order valence-electron chi connectivity index (χ1n) is 5.95. The molecule has 4 heteroatoms. The highest BCUT2D eigenvalue weighted by molar-refractivity contribution is 6.30. The van der Waals surface area contributed by atoms with Gasteiger partial charge in [0.2, 0.25) is 0 Å². The minimum atomic E-state index is -0.388. The van der Waals surface area contributed by atoms with E-state index in [9.17, 15) is 4.39 Å². The first kappa shape index (κ1) is 14.4. The van der Waals surface area contributed by atoms with Crippen LogP contribution in [0.3, 0.4) is 0 Å². The second-order valence-electron chi connectivity index (χ2n) is 3.84. The third kappa shape index (κ3) is 4.62. The number of hydrogen-bond donors (Lipinski definition) is 1. The summed E-state index contributed by atoms with van der Waals surface area (Å²) in [5.74, 6) is -0.388. The molecule has 1 aromatic rings. The van der Waals surface area contributed by atoms with E-state index in [4.69, 9.17) is 16.3 Å². The van der Waals surface area contributed by atoms with E-state index in [1.54, 1.807) is 12.1 Å². The Morgan fingerprint density at radius 3 is 2.76 bits per heavy atom. The number of halogens is 2.